The van der Waals surface area contributed by atoms with E-state index < -0.39 is 30.8 Å². The van der Waals surface area contributed by atoms with E-state index in [1.807, 2.05) is 6.07 Å². The van der Waals surface area contributed by atoms with E-state index in [0.717, 1.165) is 81.1 Å². The van der Waals surface area contributed by atoms with Gasteiger partial charge in [-0.15, -0.1) is 0 Å². The summed E-state index contributed by atoms with van der Waals surface area (Å²) in [5.41, 5.74) is 2.39. The fourth-order valence-corrected chi connectivity index (χ4v) is 9.05. The molecule has 7 atom stereocenters. The molecule has 0 radical (unpaired) electrons. The van der Waals surface area contributed by atoms with Crippen LogP contribution in [0.4, 0.5) is 26.3 Å². The van der Waals surface area contributed by atoms with Crippen molar-refractivity contribution < 1.29 is 36.6 Å². The lowest BCUT2D eigenvalue weighted by atomic mass is 9.51. The molecule has 0 aromatic heterocycles. The molecule has 1 aromatic rings. The van der Waals surface area contributed by atoms with Crippen LogP contribution in [0.1, 0.15) is 114 Å². The third-order valence-electron chi connectivity index (χ3n) is 10.5. The van der Waals surface area contributed by atoms with Gasteiger partial charge in [0.2, 0.25) is 0 Å². The summed E-state index contributed by atoms with van der Waals surface area (Å²) in [7, 11) is 0. The number of thioether (sulfide) groups is 1. The first-order valence-electron chi connectivity index (χ1n) is 15.6. The van der Waals surface area contributed by atoms with E-state index >= 15 is 4.39 Å². The molecular formula is C33H46F6O2S. The number of hydrogen-bond acceptors (Lipinski definition) is 3. The van der Waals surface area contributed by atoms with Crippen LogP contribution >= 0.6 is 11.8 Å². The molecule has 1 aromatic carbocycles. The van der Waals surface area contributed by atoms with Crippen molar-refractivity contribution in [3.63, 3.8) is 0 Å². The monoisotopic (exact) mass is 620 g/mol. The van der Waals surface area contributed by atoms with Gasteiger partial charge in [-0.2, -0.15) is 33.7 Å². The number of aliphatic hydroxyl groups is 1. The van der Waals surface area contributed by atoms with Gasteiger partial charge in [0.05, 0.1) is 6.10 Å². The van der Waals surface area contributed by atoms with Crippen LogP contribution in [0.15, 0.2) is 30.4 Å². The largest absolute Gasteiger partial charge is 0.508 e. The Hall–Kier alpha value is -1.35. The molecule has 0 amide bonds. The van der Waals surface area contributed by atoms with Gasteiger partial charge in [-0.3, -0.25) is 0 Å². The number of unbranched alkanes of at least 4 members (excludes halogenated alkanes) is 6. The molecular weight excluding hydrogens is 574 g/mol. The minimum Gasteiger partial charge on any atom is -0.508 e. The zero-order valence-electron chi connectivity index (χ0n) is 24.6. The van der Waals surface area contributed by atoms with Crippen LogP contribution in [0, 0.1) is 23.2 Å². The summed E-state index contributed by atoms with van der Waals surface area (Å²) in [6.07, 6.45) is 1.84. The third-order valence-corrected chi connectivity index (χ3v) is 11.6. The Kier molecular flexibility index (Phi) is 11.0. The number of benzene rings is 1. The molecule has 0 spiro atoms. The van der Waals surface area contributed by atoms with Crippen LogP contribution in [0.25, 0.3) is 0 Å². The summed E-state index contributed by atoms with van der Waals surface area (Å²) in [4.78, 5) is 0. The summed E-state index contributed by atoms with van der Waals surface area (Å²) >= 11 is 1.43. The molecule has 4 unspecified atom stereocenters. The highest BCUT2D eigenvalue weighted by Crippen LogP contribution is 2.66. The van der Waals surface area contributed by atoms with E-state index in [-0.39, 0.29) is 41.3 Å². The lowest BCUT2D eigenvalue weighted by molar-refractivity contribution is -0.284. The Morgan fingerprint density at radius 3 is 2.29 bits per heavy atom. The SMILES string of the molecule is C=C1[C@H](O)CC2C3C(CC[C@]12C)c1ccc(O)cc1[C@H](F)C3CCCCCCCCCSCCCC(F)(F)C(F)(F)F. The molecule has 2 fully saturated rings. The zero-order chi connectivity index (χ0) is 30.7. The number of aromatic hydroxyl groups is 1. The van der Waals surface area contributed by atoms with Gasteiger partial charge < -0.3 is 10.2 Å². The first-order chi connectivity index (χ1) is 19.8. The average Bonchev–Trinajstić information content (AvgIpc) is 3.16. The third kappa shape index (κ3) is 7.13. The predicted molar refractivity (Wildman–Crippen MR) is 157 cm³/mol. The van der Waals surface area contributed by atoms with Gasteiger partial charge >= 0.3 is 12.1 Å². The van der Waals surface area contributed by atoms with E-state index in [1.165, 1.54) is 11.8 Å². The number of phenols is 1. The maximum absolute atomic E-state index is 16.2. The molecule has 238 valence electrons. The molecule has 3 aliphatic rings. The van der Waals surface area contributed by atoms with Gasteiger partial charge in [0, 0.05) is 6.42 Å². The maximum atomic E-state index is 16.2. The van der Waals surface area contributed by atoms with Crippen molar-refractivity contribution in [2.45, 2.75) is 121 Å². The van der Waals surface area contributed by atoms with E-state index in [2.05, 4.69) is 13.5 Å². The smallest absolute Gasteiger partial charge is 0.453 e. The van der Waals surface area contributed by atoms with Gasteiger partial charge in [0.1, 0.15) is 11.9 Å². The Morgan fingerprint density at radius 1 is 0.952 bits per heavy atom. The Balaban J connectivity index is 1.19. The van der Waals surface area contributed by atoms with Crippen molar-refractivity contribution in [3.8, 4) is 5.75 Å². The van der Waals surface area contributed by atoms with Crippen molar-refractivity contribution in [2.75, 3.05) is 11.5 Å². The van der Waals surface area contributed by atoms with Gasteiger partial charge in [-0.05, 0) is 108 Å². The quantitative estimate of drug-likeness (QED) is 0.124. The first kappa shape index (κ1) is 33.5. The number of hydrogen-bond donors (Lipinski definition) is 2. The van der Waals surface area contributed by atoms with Crippen molar-refractivity contribution >= 4 is 11.8 Å². The highest BCUT2D eigenvalue weighted by molar-refractivity contribution is 7.99. The molecule has 4 rings (SSSR count). The summed E-state index contributed by atoms with van der Waals surface area (Å²) in [6, 6.07) is 5.17. The molecule has 42 heavy (non-hydrogen) atoms. The molecule has 0 heterocycles. The summed E-state index contributed by atoms with van der Waals surface area (Å²) in [5.74, 6) is -3.02. The lowest BCUT2D eigenvalue weighted by Gasteiger charge is -2.53. The molecule has 9 heteroatoms. The first-order valence-corrected chi connectivity index (χ1v) is 16.8. The van der Waals surface area contributed by atoms with Crippen LogP contribution in [0.5, 0.6) is 5.75 Å². The fourth-order valence-electron chi connectivity index (χ4n) is 8.09. The predicted octanol–water partition coefficient (Wildman–Crippen LogP) is 10.3. The normalized spacial score (nSPS) is 31.1. The Morgan fingerprint density at radius 2 is 1.60 bits per heavy atom. The summed E-state index contributed by atoms with van der Waals surface area (Å²) < 4.78 is 78.7. The molecule has 0 bridgehead atoms. The van der Waals surface area contributed by atoms with Crippen LogP contribution < -0.4 is 0 Å². The lowest BCUT2D eigenvalue weighted by Crippen LogP contribution is -2.45. The maximum Gasteiger partial charge on any atom is 0.453 e. The Labute approximate surface area is 250 Å². The highest BCUT2D eigenvalue weighted by atomic mass is 32.2. The second-order valence-corrected chi connectivity index (χ2v) is 14.3. The van der Waals surface area contributed by atoms with Crippen LogP contribution in [0.2, 0.25) is 0 Å². The summed E-state index contributed by atoms with van der Waals surface area (Å²) in [6.45, 7) is 6.44. The molecule has 3 aliphatic carbocycles. The van der Waals surface area contributed by atoms with Crippen LogP contribution in [-0.2, 0) is 0 Å². The molecule has 0 aliphatic heterocycles. The van der Waals surface area contributed by atoms with E-state index in [9.17, 15) is 32.2 Å². The summed E-state index contributed by atoms with van der Waals surface area (Å²) in [5, 5.41) is 20.8. The number of halogens is 6. The standard InChI is InChI=1S/C33H46F6O2S/c1-21-28(41)20-27-29-24(14-16-31(21,27)2)23-13-12-22(40)19-26(23)30(34)25(29)11-8-6-4-3-5-7-9-17-42-18-10-15-32(35,36)33(37,38)39/h12-13,19,24-25,27-30,40-41H,1,3-11,14-18,20H2,2H3/t24?,25?,27?,28-,29?,30-,31-/m1/s1. The van der Waals surface area contributed by atoms with Crippen LogP contribution in [0.3, 0.4) is 0 Å². The second-order valence-electron chi connectivity index (χ2n) is 13.1. The number of phenolic OH excluding ortho intramolecular Hbond substituents is 1. The zero-order valence-corrected chi connectivity index (χ0v) is 25.4. The van der Waals surface area contributed by atoms with Gasteiger partial charge in [0.15, 0.2) is 0 Å². The number of alkyl halides is 6. The van der Waals surface area contributed by atoms with E-state index in [1.54, 1.807) is 12.1 Å². The molecule has 2 nitrogen and oxygen atoms in total. The molecule has 2 saturated carbocycles. The van der Waals surface area contributed by atoms with E-state index in [4.69, 9.17) is 0 Å². The van der Waals surface area contributed by atoms with Gasteiger partial charge in [-0.1, -0.05) is 58.1 Å². The minimum absolute atomic E-state index is 0.0975. The minimum atomic E-state index is -5.47. The highest BCUT2D eigenvalue weighted by Gasteiger charge is 2.59. The second kappa shape index (κ2) is 13.7. The van der Waals surface area contributed by atoms with E-state index in [0.29, 0.717) is 17.7 Å². The van der Waals surface area contributed by atoms with Crippen molar-refractivity contribution in [1.29, 1.82) is 0 Å². The van der Waals surface area contributed by atoms with Crippen LogP contribution in [-0.4, -0.2) is 39.9 Å². The van der Waals surface area contributed by atoms with Gasteiger partial charge in [-0.25, -0.2) is 4.39 Å². The molecule has 2 N–H and O–H groups in total. The van der Waals surface area contributed by atoms with Crippen molar-refractivity contribution in [2.24, 2.45) is 23.2 Å². The number of rotatable bonds is 14. The molecule has 0 saturated heterocycles. The topological polar surface area (TPSA) is 40.5 Å². The van der Waals surface area contributed by atoms with Crippen molar-refractivity contribution in [1.82, 2.24) is 0 Å². The Bertz CT molecular complexity index is 1060. The number of fused-ring (bicyclic) bond motifs is 5. The number of aliphatic hydroxyl groups excluding tert-OH is 1. The average molecular weight is 621 g/mol. The fraction of sp³-hybridized carbons (Fsp3) is 0.758. The van der Waals surface area contributed by atoms with Gasteiger partial charge in [0.25, 0.3) is 0 Å². The van der Waals surface area contributed by atoms with Crippen molar-refractivity contribution in [3.05, 3.63) is 41.5 Å².